The van der Waals surface area contributed by atoms with E-state index in [1.807, 2.05) is 71.7 Å². The molecule has 172 valence electrons. The largest absolute Gasteiger partial charge is 0.322 e. The van der Waals surface area contributed by atoms with Gasteiger partial charge in [-0.05, 0) is 85.7 Å². The van der Waals surface area contributed by atoms with Gasteiger partial charge in [-0.2, -0.15) is 0 Å². The average Bonchev–Trinajstić information content (AvgIpc) is 3.42. The molecule has 34 heavy (non-hydrogen) atoms. The summed E-state index contributed by atoms with van der Waals surface area (Å²) < 4.78 is 2.30. The smallest absolute Gasteiger partial charge is 0.310 e. The van der Waals surface area contributed by atoms with E-state index >= 15 is 0 Å². The number of aromatic nitrogens is 1. The number of halogens is 1. The summed E-state index contributed by atoms with van der Waals surface area (Å²) in [5, 5.41) is 5.12. The third kappa shape index (κ3) is 3.73. The Kier molecular flexibility index (Phi) is 5.47. The second kappa shape index (κ2) is 8.64. The molecule has 1 atom stereocenters. The molecule has 0 fully saturated rings. The van der Waals surface area contributed by atoms with Crippen molar-refractivity contribution in [1.82, 2.24) is 9.47 Å². The number of hydrogen-bond donors (Lipinski definition) is 1. The molecule has 6 rings (SSSR count). The van der Waals surface area contributed by atoms with E-state index in [2.05, 4.69) is 28.2 Å². The summed E-state index contributed by atoms with van der Waals surface area (Å²) in [6, 6.07) is 19.7. The first-order chi connectivity index (χ1) is 16.6. The van der Waals surface area contributed by atoms with Gasteiger partial charge in [0.05, 0.1) is 18.3 Å². The summed E-state index contributed by atoms with van der Waals surface area (Å²) >= 11 is 8.12. The van der Waals surface area contributed by atoms with E-state index in [-0.39, 0.29) is 12.1 Å². The molecule has 1 aliphatic carbocycles. The van der Waals surface area contributed by atoms with Gasteiger partial charge in [0.2, 0.25) is 0 Å². The third-order valence-corrected chi connectivity index (χ3v) is 8.48. The van der Waals surface area contributed by atoms with E-state index in [0.717, 1.165) is 35.3 Å². The van der Waals surface area contributed by atoms with Gasteiger partial charge in [-0.25, -0.2) is 4.79 Å². The van der Waals surface area contributed by atoms with Crippen LogP contribution in [0.1, 0.15) is 51.7 Å². The highest BCUT2D eigenvalue weighted by atomic mass is 35.5. The number of carbonyl (C=O) groups is 1. The Morgan fingerprint density at radius 3 is 2.68 bits per heavy atom. The highest BCUT2D eigenvalue weighted by molar-refractivity contribution is 7.15. The standard InChI is InChI=1S/C28H26ClN3OS/c1-18-6-4-7-21(16-18)30-28(33)32-17-23-22-8-2-3-10-25(22)34-27(23)31-15-5-9-24(31)26(32)19-11-13-20(29)14-12-19/h4-7,9,11-16,26H,2-3,8,10,17H2,1H3,(H,30,33)/t26-/m0/s1. The van der Waals surface area contributed by atoms with Gasteiger partial charge in [-0.15, -0.1) is 11.3 Å². The Labute approximate surface area is 208 Å². The Bertz CT molecular complexity index is 1370. The zero-order valence-corrected chi connectivity index (χ0v) is 20.6. The number of fused-ring (bicyclic) bond motifs is 5. The second-order valence-corrected chi connectivity index (χ2v) is 10.7. The zero-order valence-electron chi connectivity index (χ0n) is 19.1. The molecule has 2 aromatic carbocycles. The monoisotopic (exact) mass is 487 g/mol. The Hall–Kier alpha value is -3.02. The molecular weight excluding hydrogens is 462 g/mol. The highest BCUT2D eigenvalue weighted by Gasteiger charge is 2.36. The number of nitrogens with one attached hydrogen (secondary N) is 1. The molecule has 1 aliphatic heterocycles. The van der Waals surface area contributed by atoms with E-state index in [1.165, 1.54) is 33.8 Å². The third-order valence-electron chi connectivity index (χ3n) is 6.89. The van der Waals surface area contributed by atoms with Gasteiger partial charge in [0.25, 0.3) is 0 Å². The normalized spacial score (nSPS) is 16.9. The van der Waals surface area contributed by atoms with Crippen LogP contribution < -0.4 is 5.32 Å². The number of rotatable bonds is 2. The summed E-state index contributed by atoms with van der Waals surface area (Å²) in [4.78, 5) is 17.4. The van der Waals surface area contributed by atoms with Gasteiger partial charge in [0, 0.05) is 27.3 Å². The maximum absolute atomic E-state index is 13.9. The number of carbonyl (C=O) groups excluding carboxylic acids is 1. The molecule has 0 radical (unpaired) electrons. The molecule has 0 bridgehead atoms. The van der Waals surface area contributed by atoms with E-state index in [1.54, 1.807) is 0 Å². The Morgan fingerprint density at radius 2 is 1.85 bits per heavy atom. The van der Waals surface area contributed by atoms with E-state index in [0.29, 0.717) is 11.6 Å². The predicted molar refractivity (Wildman–Crippen MR) is 139 cm³/mol. The SMILES string of the molecule is Cc1cccc(NC(=O)N2Cc3c(sc4c3CCCC4)-n3cccc3[C@@H]2c2ccc(Cl)cc2)c1. The van der Waals surface area contributed by atoms with Crippen molar-refractivity contribution in [3.05, 3.63) is 105 Å². The Balaban J connectivity index is 1.50. The molecule has 4 aromatic rings. The fraction of sp³-hybridized carbons (Fsp3) is 0.250. The summed E-state index contributed by atoms with van der Waals surface area (Å²) in [5.41, 5.74) is 6.83. The van der Waals surface area contributed by atoms with Crippen molar-refractivity contribution in [1.29, 1.82) is 0 Å². The Morgan fingerprint density at radius 1 is 1.03 bits per heavy atom. The predicted octanol–water partition coefficient (Wildman–Crippen LogP) is 7.52. The number of aryl methyl sites for hydroxylation is 2. The van der Waals surface area contributed by atoms with Crippen molar-refractivity contribution in [3.63, 3.8) is 0 Å². The molecule has 2 amide bonds. The van der Waals surface area contributed by atoms with Crippen LogP contribution in [0.5, 0.6) is 0 Å². The van der Waals surface area contributed by atoms with Gasteiger partial charge in [-0.3, -0.25) is 0 Å². The lowest BCUT2D eigenvalue weighted by Gasteiger charge is -2.31. The minimum absolute atomic E-state index is 0.0955. The molecule has 0 saturated heterocycles. The van der Waals surface area contributed by atoms with Crippen LogP contribution in [0, 0.1) is 6.92 Å². The molecule has 0 saturated carbocycles. The van der Waals surface area contributed by atoms with Crippen LogP contribution in [0.15, 0.2) is 66.9 Å². The first-order valence-corrected chi connectivity index (χ1v) is 13.0. The van der Waals surface area contributed by atoms with E-state index < -0.39 is 0 Å². The van der Waals surface area contributed by atoms with Crippen molar-refractivity contribution in [2.45, 2.75) is 45.2 Å². The lowest BCUT2D eigenvalue weighted by molar-refractivity contribution is 0.194. The molecule has 4 nitrogen and oxygen atoms in total. The second-order valence-electron chi connectivity index (χ2n) is 9.18. The van der Waals surface area contributed by atoms with Gasteiger partial charge in [-0.1, -0.05) is 35.9 Å². The molecule has 0 unspecified atom stereocenters. The van der Waals surface area contributed by atoms with Gasteiger partial charge in [0.1, 0.15) is 5.00 Å². The fourth-order valence-electron chi connectivity index (χ4n) is 5.30. The van der Waals surface area contributed by atoms with Crippen LogP contribution >= 0.6 is 22.9 Å². The molecule has 3 heterocycles. The molecule has 6 heteroatoms. The minimum atomic E-state index is -0.226. The van der Waals surface area contributed by atoms with Crippen molar-refractivity contribution >= 4 is 34.7 Å². The average molecular weight is 488 g/mol. The quantitative estimate of drug-likeness (QED) is 0.312. The van der Waals surface area contributed by atoms with Gasteiger partial charge >= 0.3 is 6.03 Å². The maximum atomic E-state index is 13.9. The van der Waals surface area contributed by atoms with E-state index in [4.69, 9.17) is 11.6 Å². The number of benzene rings is 2. The number of urea groups is 1. The zero-order chi connectivity index (χ0) is 23.2. The van der Waals surface area contributed by atoms with Crippen LogP contribution in [-0.2, 0) is 19.4 Å². The minimum Gasteiger partial charge on any atom is -0.310 e. The van der Waals surface area contributed by atoms with Crippen molar-refractivity contribution in [2.24, 2.45) is 0 Å². The number of thiophene rings is 1. The van der Waals surface area contributed by atoms with Crippen molar-refractivity contribution in [3.8, 4) is 5.00 Å². The van der Waals surface area contributed by atoms with E-state index in [9.17, 15) is 4.79 Å². The van der Waals surface area contributed by atoms with Crippen molar-refractivity contribution in [2.75, 3.05) is 5.32 Å². The first-order valence-electron chi connectivity index (χ1n) is 11.8. The number of hydrogen-bond acceptors (Lipinski definition) is 2. The molecule has 2 aliphatic rings. The lowest BCUT2D eigenvalue weighted by atomic mass is 9.95. The molecule has 0 spiro atoms. The van der Waals surface area contributed by atoms with Gasteiger partial charge in [0.15, 0.2) is 0 Å². The topological polar surface area (TPSA) is 37.3 Å². The van der Waals surface area contributed by atoms with Crippen LogP contribution in [0.4, 0.5) is 10.5 Å². The number of anilines is 1. The lowest BCUT2D eigenvalue weighted by Crippen LogP contribution is -2.38. The van der Waals surface area contributed by atoms with Crippen molar-refractivity contribution < 1.29 is 4.79 Å². The number of amides is 2. The summed E-state index contributed by atoms with van der Waals surface area (Å²) in [6.07, 6.45) is 6.83. The van der Waals surface area contributed by atoms with Gasteiger partial charge < -0.3 is 14.8 Å². The van der Waals surface area contributed by atoms with Crippen LogP contribution in [0.2, 0.25) is 5.02 Å². The molecule has 1 N–H and O–H groups in total. The molecule has 2 aromatic heterocycles. The summed E-state index contributed by atoms with van der Waals surface area (Å²) in [6.45, 7) is 2.61. The number of nitrogens with zero attached hydrogens (tertiary/aromatic N) is 2. The maximum Gasteiger partial charge on any atom is 0.322 e. The van der Waals surface area contributed by atoms with Crippen LogP contribution in [0.3, 0.4) is 0 Å². The first kappa shape index (κ1) is 21.5. The fourth-order valence-corrected chi connectivity index (χ4v) is 6.83. The van der Waals surface area contributed by atoms with Crippen LogP contribution in [-0.4, -0.2) is 15.5 Å². The highest BCUT2D eigenvalue weighted by Crippen LogP contribution is 2.44. The molecular formula is C28H26ClN3OS. The summed E-state index contributed by atoms with van der Waals surface area (Å²) in [7, 11) is 0. The van der Waals surface area contributed by atoms with Crippen LogP contribution in [0.25, 0.3) is 5.00 Å². The summed E-state index contributed by atoms with van der Waals surface area (Å²) in [5.74, 6) is 0.